The number of amides is 2. The molecular weight excluding hydrogens is 518 g/mol. The van der Waals surface area contributed by atoms with Gasteiger partial charge in [0.1, 0.15) is 29.6 Å². The Kier molecular flexibility index (Phi) is 8.54. The van der Waals surface area contributed by atoms with Crippen LogP contribution in [-0.2, 0) is 22.7 Å². The molecule has 0 aliphatic rings. The van der Waals surface area contributed by atoms with E-state index in [4.69, 9.17) is 9.47 Å². The summed E-state index contributed by atoms with van der Waals surface area (Å²) in [6, 6.07) is 30.4. The third-order valence-corrected chi connectivity index (χ3v) is 6.62. The third-order valence-electron chi connectivity index (χ3n) is 6.62. The van der Waals surface area contributed by atoms with Gasteiger partial charge in [-0.25, -0.2) is 4.68 Å². The Labute approximate surface area is 238 Å². The number of methoxy groups -OCH3 is 1. The summed E-state index contributed by atoms with van der Waals surface area (Å²) in [7, 11) is 1.56. The van der Waals surface area contributed by atoms with Crippen LogP contribution in [0.2, 0.25) is 0 Å². The number of fused-ring (bicyclic) bond motifs is 1. The maximum atomic E-state index is 14.3. The highest BCUT2D eigenvalue weighted by molar-refractivity contribution is 6.02. The summed E-state index contributed by atoms with van der Waals surface area (Å²) in [4.78, 5) is 29.9. The monoisotopic (exact) mass is 549 g/mol. The summed E-state index contributed by atoms with van der Waals surface area (Å²) in [5.41, 5.74) is 3.37. The summed E-state index contributed by atoms with van der Waals surface area (Å²) in [5.74, 6) is 0.326. The van der Waals surface area contributed by atoms with Crippen molar-refractivity contribution >= 4 is 28.5 Å². The predicted molar refractivity (Wildman–Crippen MR) is 157 cm³/mol. The van der Waals surface area contributed by atoms with Crippen LogP contribution in [0.15, 0.2) is 103 Å². The fraction of sp³-hybridized carbons (Fsp3) is 0.188. The molecule has 5 aromatic rings. The van der Waals surface area contributed by atoms with Crippen molar-refractivity contribution in [3.05, 3.63) is 114 Å². The Balaban J connectivity index is 1.61. The first-order valence-electron chi connectivity index (χ1n) is 13.4. The molecule has 1 atom stereocenters. The van der Waals surface area contributed by atoms with Gasteiger partial charge in [0.2, 0.25) is 11.8 Å². The highest BCUT2D eigenvalue weighted by atomic mass is 16.5. The molecule has 1 heterocycles. The van der Waals surface area contributed by atoms with E-state index in [0.717, 1.165) is 5.56 Å². The first-order chi connectivity index (χ1) is 20.1. The standard InChI is InChI=1S/C32H31N5O4/c1-3-41-29-19-10-9-18-28(29)37(30(38)22-36-27-17-8-7-16-26(27)34-35-36)31(24-14-11-15-25(20-24)40-2)32(39)33-21-23-12-5-4-6-13-23/h4-20,31H,3,21-22H2,1-2H3,(H,33,39)/t31-/m1/s1. The maximum Gasteiger partial charge on any atom is 0.249 e. The third kappa shape index (κ3) is 6.19. The van der Waals surface area contributed by atoms with E-state index in [1.165, 1.54) is 4.90 Å². The first kappa shape index (κ1) is 27.4. The van der Waals surface area contributed by atoms with Crippen molar-refractivity contribution in [3.63, 3.8) is 0 Å². The smallest absolute Gasteiger partial charge is 0.249 e. The van der Waals surface area contributed by atoms with Crippen LogP contribution in [0.4, 0.5) is 5.69 Å². The fourth-order valence-corrected chi connectivity index (χ4v) is 4.70. The van der Waals surface area contributed by atoms with Crippen LogP contribution in [-0.4, -0.2) is 40.5 Å². The molecule has 9 nitrogen and oxygen atoms in total. The van der Waals surface area contributed by atoms with E-state index < -0.39 is 6.04 Å². The van der Waals surface area contributed by atoms with Gasteiger partial charge in [0.05, 0.1) is 24.9 Å². The number of nitrogens with zero attached hydrogens (tertiary/aromatic N) is 4. The minimum absolute atomic E-state index is 0.145. The molecule has 0 aliphatic heterocycles. The lowest BCUT2D eigenvalue weighted by Gasteiger charge is -2.32. The quantitative estimate of drug-likeness (QED) is 0.251. The normalized spacial score (nSPS) is 11.6. The number of carbonyl (C=O) groups excluding carboxylic acids is 2. The molecule has 0 fully saturated rings. The van der Waals surface area contributed by atoms with Gasteiger partial charge in [-0.3, -0.25) is 14.5 Å². The number of para-hydroxylation sites is 3. The van der Waals surface area contributed by atoms with Crippen molar-refractivity contribution in [2.24, 2.45) is 0 Å². The van der Waals surface area contributed by atoms with Gasteiger partial charge in [-0.05, 0) is 54.4 Å². The maximum absolute atomic E-state index is 14.3. The second-order valence-electron chi connectivity index (χ2n) is 9.28. The zero-order valence-corrected chi connectivity index (χ0v) is 22.9. The van der Waals surface area contributed by atoms with Crippen LogP contribution >= 0.6 is 0 Å². The van der Waals surface area contributed by atoms with Gasteiger partial charge in [-0.15, -0.1) is 5.10 Å². The number of rotatable bonds is 11. The number of hydrogen-bond acceptors (Lipinski definition) is 6. The average molecular weight is 550 g/mol. The van der Waals surface area contributed by atoms with Crippen LogP contribution in [0.3, 0.4) is 0 Å². The first-order valence-corrected chi connectivity index (χ1v) is 13.4. The number of aromatic nitrogens is 3. The molecule has 0 aliphatic carbocycles. The Morgan fingerprint density at radius 1 is 0.927 bits per heavy atom. The number of anilines is 1. The van der Waals surface area contributed by atoms with Gasteiger partial charge in [-0.1, -0.05) is 71.9 Å². The lowest BCUT2D eigenvalue weighted by Crippen LogP contribution is -2.45. The zero-order chi connectivity index (χ0) is 28.6. The van der Waals surface area contributed by atoms with Gasteiger partial charge in [0.25, 0.3) is 0 Å². The lowest BCUT2D eigenvalue weighted by molar-refractivity contribution is -0.127. The Bertz CT molecular complexity index is 1640. The summed E-state index contributed by atoms with van der Waals surface area (Å²) in [6.45, 7) is 2.41. The van der Waals surface area contributed by atoms with E-state index in [-0.39, 0.29) is 18.4 Å². The number of carbonyl (C=O) groups is 2. The molecular formula is C32H31N5O4. The molecule has 0 spiro atoms. The van der Waals surface area contributed by atoms with Crippen molar-refractivity contribution < 1.29 is 19.1 Å². The predicted octanol–water partition coefficient (Wildman–Crippen LogP) is 4.93. The van der Waals surface area contributed by atoms with Crippen LogP contribution in [0.1, 0.15) is 24.1 Å². The van der Waals surface area contributed by atoms with Gasteiger partial charge in [-0.2, -0.15) is 0 Å². The van der Waals surface area contributed by atoms with Crippen LogP contribution in [0.5, 0.6) is 11.5 Å². The Morgan fingerprint density at radius 3 is 2.49 bits per heavy atom. The highest BCUT2D eigenvalue weighted by Crippen LogP contribution is 2.36. The molecule has 41 heavy (non-hydrogen) atoms. The van der Waals surface area contributed by atoms with Crippen LogP contribution in [0.25, 0.3) is 11.0 Å². The molecule has 1 N–H and O–H groups in total. The molecule has 5 rings (SSSR count). The number of ether oxygens (including phenoxy) is 2. The van der Waals surface area contributed by atoms with E-state index in [1.54, 1.807) is 42.1 Å². The molecule has 0 saturated carbocycles. The zero-order valence-electron chi connectivity index (χ0n) is 22.9. The van der Waals surface area contributed by atoms with Gasteiger partial charge in [0, 0.05) is 6.54 Å². The fourth-order valence-electron chi connectivity index (χ4n) is 4.70. The average Bonchev–Trinajstić information content (AvgIpc) is 3.42. The summed E-state index contributed by atoms with van der Waals surface area (Å²) in [6.07, 6.45) is 0. The van der Waals surface area contributed by atoms with Crippen molar-refractivity contribution in [3.8, 4) is 11.5 Å². The van der Waals surface area contributed by atoms with Crippen molar-refractivity contribution in [1.29, 1.82) is 0 Å². The molecule has 9 heteroatoms. The number of benzene rings is 4. The second kappa shape index (κ2) is 12.8. The van der Waals surface area contributed by atoms with Crippen LogP contribution in [0, 0.1) is 0 Å². The van der Waals surface area contributed by atoms with Crippen molar-refractivity contribution in [2.45, 2.75) is 26.1 Å². The lowest BCUT2D eigenvalue weighted by atomic mass is 10.0. The summed E-state index contributed by atoms with van der Waals surface area (Å²) in [5, 5.41) is 11.4. The van der Waals surface area contributed by atoms with Gasteiger partial charge < -0.3 is 14.8 Å². The van der Waals surface area contributed by atoms with E-state index in [1.807, 2.05) is 79.7 Å². The molecule has 1 aromatic heterocycles. The minimum atomic E-state index is -1.04. The highest BCUT2D eigenvalue weighted by Gasteiger charge is 2.35. The van der Waals surface area contributed by atoms with E-state index in [2.05, 4.69) is 15.6 Å². The van der Waals surface area contributed by atoms with Crippen molar-refractivity contribution in [1.82, 2.24) is 20.3 Å². The molecule has 0 bridgehead atoms. The van der Waals surface area contributed by atoms with Crippen molar-refractivity contribution in [2.75, 3.05) is 18.6 Å². The Morgan fingerprint density at radius 2 is 1.68 bits per heavy atom. The largest absolute Gasteiger partial charge is 0.497 e. The summed E-state index contributed by atoms with van der Waals surface area (Å²) >= 11 is 0. The topological polar surface area (TPSA) is 98.6 Å². The Hall–Kier alpha value is -5.18. The van der Waals surface area contributed by atoms with E-state index >= 15 is 0 Å². The van der Waals surface area contributed by atoms with Gasteiger partial charge in [0.15, 0.2) is 0 Å². The molecule has 4 aromatic carbocycles. The molecule has 0 saturated heterocycles. The molecule has 208 valence electrons. The van der Waals surface area contributed by atoms with Crippen LogP contribution < -0.4 is 19.7 Å². The summed E-state index contributed by atoms with van der Waals surface area (Å²) < 4.78 is 12.9. The molecule has 0 unspecified atom stereocenters. The number of nitrogens with one attached hydrogen (secondary N) is 1. The number of hydrogen-bond donors (Lipinski definition) is 1. The molecule has 2 amide bonds. The van der Waals surface area contributed by atoms with E-state index in [9.17, 15) is 9.59 Å². The van der Waals surface area contributed by atoms with Gasteiger partial charge >= 0.3 is 0 Å². The van der Waals surface area contributed by atoms with E-state index in [0.29, 0.717) is 46.9 Å². The molecule has 0 radical (unpaired) electrons. The SMILES string of the molecule is CCOc1ccccc1N(C(=O)Cn1nnc2ccccc21)[C@@H](C(=O)NCc1ccccc1)c1cccc(OC)c1. The minimum Gasteiger partial charge on any atom is -0.497 e. The second-order valence-corrected chi connectivity index (χ2v) is 9.28.